The van der Waals surface area contributed by atoms with Gasteiger partial charge in [0.15, 0.2) is 0 Å². The highest BCUT2D eigenvalue weighted by Gasteiger charge is 2.08. The molecule has 20 heavy (non-hydrogen) atoms. The molecule has 0 fully saturated rings. The van der Waals surface area contributed by atoms with Crippen LogP contribution in [0.2, 0.25) is 0 Å². The Hall–Kier alpha value is -2.17. The number of halogens is 1. The van der Waals surface area contributed by atoms with Crippen LogP contribution in [-0.2, 0) is 12.8 Å². The summed E-state index contributed by atoms with van der Waals surface area (Å²) in [5.74, 6) is 1.75. The lowest BCUT2D eigenvalue weighted by atomic mass is 10.1. The minimum absolute atomic E-state index is 0.178. The van der Waals surface area contributed by atoms with Gasteiger partial charge in [0, 0.05) is 18.5 Å². The number of nitrogens with one attached hydrogen (secondary N) is 1. The molecule has 1 heterocycles. The summed E-state index contributed by atoms with van der Waals surface area (Å²) in [6.45, 7) is 4.45. The fraction of sp³-hybridized carbons (Fsp3) is 0.333. The molecule has 0 bridgehead atoms. The van der Waals surface area contributed by atoms with Crippen molar-refractivity contribution >= 4 is 11.6 Å². The zero-order valence-electron chi connectivity index (χ0n) is 11.8. The zero-order chi connectivity index (χ0) is 14.5. The summed E-state index contributed by atoms with van der Waals surface area (Å²) >= 11 is 0. The summed E-state index contributed by atoms with van der Waals surface area (Å²) in [7, 11) is 0. The average molecular weight is 274 g/mol. The second kappa shape index (κ2) is 6.32. The molecule has 2 aromatic rings. The molecule has 0 saturated carbocycles. The van der Waals surface area contributed by atoms with Crippen molar-refractivity contribution in [2.24, 2.45) is 0 Å². The van der Waals surface area contributed by atoms with Crippen LogP contribution in [0, 0.1) is 12.7 Å². The van der Waals surface area contributed by atoms with Gasteiger partial charge < -0.3 is 11.1 Å². The van der Waals surface area contributed by atoms with Crippen molar-refractivity contribution in [3.8, 4) is 0 Å². The quantitative estimate of drug-likeness (QED) is 0.880. The molecule has 4 nitrogen and oxygen atoms in total. The topological polar surface area (TPSA) is 63.8 Å². The molecule has 1 aromatic carbocycles. The van der Waals surface area contributed by atoms with Crippen LogP contribution < -0.4 is 11.1 Å². The lowest BCUT2D eigenvalue weighted by Gasteiger charge is -2.11. The van der Waals surface area contributed by atoms with Crippen LogP contribution in [-0.4, -0.2) is 16.5 Å². The number of nitrogens with two attached hydrogens (primary N) is 1. The zero-order valence-corrected chi connectivity index (χ0v) is 11.8. The monoisotopic (exact) mass is 274 g/mol. The van der Waals surface area contributed by atoms with E-state index in [1.807, 2.05) is 19.9 Å². The van der Waals surface area contributed by atoms with Crippen LogP contribution in [0.3, 0.4) is 0 Å². The van der Waals surface area contributed by atoms with Crippen LogP contribution in [0.5, 0.6) is 0 Å². The molecule has 0 aliphatic heterocycles. The molecule has 0 atom stereocenters. The lowest BCUT2D eigenvalue weighted by Crippen LogP contribution is -2.12. The van der Waals surface area contributed by atoms with Gasteiger partial charge >= 0.3 is 0 Å². The van der Waals surface area contributed by atoms with Gasteiger partial charge in [-0.25, -0.2) is 14.4 Å². The van der Waals surface area contributed by atoms with E-state index in [1.54, 1.807) is 12.1 Å². The molecule has 0 unspecified atom stereocenters. The van der Waals surface area contributed by atoms with Gasteiger partial charge in [0.2, 0.25) is 0 Å². The van der Waals surface area contributed by atoms with Crippen molar-refractivity contribution in [1.82, 2.24) is 9.97 Å². The number of anilines is 2. The summed E-state index contributed by atoms with van der Waals surface area (Å²) in [6.07, 6.45) is 1.32. The van der Waals surface area contributed by atoms with Crippen LogP contribution in [0.25, 0.3) is 0 Å². The Morgan fingerprint density at radius 3 is 2.70 bits per heavy atom. The normalized spacial score (nSPS) is 10.6. The predicted molar refractivity (Wildman–Crippen MR) is 79.2 cm³/mol. The summed E-state index contributed by atoms with van der Waals surface area (Å²) in [6, 6.07) is 6.78. The van der Waals surface area contributed by atoms with E-state index in [2.05, 4.69) is 15.3 Å². The number of hydrogen-bond acceptors (Lipinski definition) is 4. The Labute approximate surface area is 118 Å². The van der Waals surface area contributed by atoms with Crippen molar-refractivity contribution in [3.05, 3.63) is 47.0 Å². The standard InChI is InChI=1S/C15H19FN4/c1-3-13-19-14(17)10(2)15(20-13)18-9-8-11-6-4-5-7-12(11)16/h4-7H,3,8-9H2,1-2H3,(H3,17,18,19,20). The first-order chi connectivity index (χ1) is 9.61. The van der Waals surface area contributed by atoms with E-state index in [4.69, 9.17) is 5.73 Å². The Morgan fingerprint density at radius 1 is 1.25 bits per heavy atom. The summed E-state index contributed by atoms with van der Waals surface area (Å²) < 4.78 is 13.5. The maximum Gasteiger partial charge on any atom is 0.134 e. The largest absolute Gasteiger partial charge is 0.383 e. The molecule has 0 aliphatic carbocycles. The van der Waals surface area contributed by atoms with E-state index in [0.29, 0.717) is 30.2 Å². The number of rotatable bonds is 5. The van der Waals surface area contributed by atoms with Gasteiger partial charge in [-0.2, -0.15) is 0 Å². The molecule has 1 aromatic heterocycles. The number of benzene rings is 1. The minimum Gasteiger partial charge on any atom is -0.383 e. The number of aromatic nitrogens is 2. The van der Waals surface area contributed by atoms with E-state index in [9.17, 15) is 4.39 Å². The van der Waals surface area contributed by atoms with Gasteiger partial charge in [-0.1, -0.05) is 25.1 Å². The van der Waals surface area contributed by atoms with Gasteiger partial charge in [0.1, 0.15) is 23.3 Å². The predicted octanol–water partition coefficient (Wildman–Crippen LogP) is 2.72. The highest BCUT2D eigenvalue weighted by Crippen LogP contribution is 2.17. The molecule has 3 N–H and O–H groups in total. The molecular formula is C15H19FN4. The first kappa shape index (κ1) is 14.2. The van der Waals surface area contributed by atoms with Gasteiger partial charge in [-0.15, -0.1) is 0 Å². The third kappa shape index (κ3) is 3.23. The molecule has 0 saturated heterocycles. The SMILES string of the molecule is CCc1nc(N)c(C)c(NCCc2ccccc2F)n1. The van der Waals surface area contributed by atoms with Crippen LogP contribution >= 0.6 is 0 Å². The third-order valence-electron chi connectivity index (χ3n) is 3.19. The van der Waals surface area contributed by atoms with Gasteiger partial charge in [0.25, 0.3) is 0 Å². The van der Waals surface area contributed by atoms with Crippen molar-refractivity contribution in [2.75, 3.05) is 17.6 Å². The van der Waals surface area contributed by atoms with E-state index in [1.165, 1.54) is 6.07 Å². The maximum atomic E-state index is 13.5. The van der Waals surface area contributed by atoms with Crippen molar-refractivity contribution in [3.63, 3.8) is 0 Å². The molecule has 0 amide bonds. The molecule has 2 rings (SSSR count). The first-order valence-electron chi connectivity index (χ1n) is 6.72. The fourth-order valence-electron chi connectivity index (χ4n) is 1.93. The first-order valence-corrected chi connectivity index (χ1v) is 6.72. The highest BCUT2D eigenvalue weighted by molar-refractivity contribution is 5.54. The lowest BCUT2D eigenvalue weighted by molar-refractivity contribution is 0.610. The fourth-order valence-corrected chi connectivity index (χ4v) is 1.93. The van der Waals surface area contributed by atoms with Crippen molar-refractivity contribution in [2.45, 2.75) is 26.7 Å². The Balaban J connectivity index is 2.04. The molecule has 0 spiro atoms. The molecular weight excluding hydrogens is 255 g/mol. The second-order valence-electron chi connectivity index (χ2n) is 4.62. The van der Waals surface area contributed by atoms with E-state index >= 15 is 0 Å². The van der Waals surface area contributed by atoms with Gasteiger partial charge in [-0.3, -0.25) is 0 Å². The summed E-state index contributed by atoms with van der Waals surface area (Å²) in [4.78, 5) is 8.61. The van der Waals surface area contributed by atoms with Crippen molar-refractivity contribution < 1.29 is 4.39 Å². The molecule has 0 aliphatic rings. The van der Waals surface area contributed by atoms with E-state index in [0.717, 1.165) is 17.8 Å². The van der Waals surface area contributed by atoms with Crippen LogP contribution in [0.4, 0.5) is 16.0 Å². The van der Waals surface area contributed by atoms with E-state index in [-0.39, 0.29) is 5.82 Å². The Morgan fingerprint density at radius 2 is 2.00 bits per heavy atom. The third-order valence-corrected chi connectivity index (χ3v) is 3.19. The van der Waals surface area contributed by atoms with Crippen LogP contribution in [0.15, 0.2) is 24.3 Å². The average Bonchev–Trinajstić information content (AvgIpc) is 2.45. The molecule has 5 heteroatoms. The van der Waals surface area contributed by atoms with E-state index < -0.39 is 0 Å². The number of hydrogen-bond donors (Lipinski definition) is 2. The van der Waals surface area contributed by atoms with Gasteiger partial charge in [0.05, 0.1) is 0 Å². The smallest absolute Gasteiger partial charge is 0.134 e. The number of aryl methyl sites for hydroxylation is 1. The van der Waals surface area contributed by atoms with Gasteiger partial charge in [-0.05, 0) is 25.0 Å². The molecule has 106 valence electrons. The Bertz CT molecular complexity index is 598. The highest BCUT2D eigenvalue weighted by atomic mass is 19.1. The molecule has 0 radical (unpaired) electrons. The summed E-state index contributed by atoms with van der Waals surface area (Å²) in [5.41, 5.74) is 7.37. The number of nitrogen functional groups attached to an aromatic ring is 1. The Kier molecular flexibility index (Phi) is 4.50. The maximum absolute atomic E-state index is 13.5. The van der Waals surface area contributed by atoms with Crippen LogP contribution in [0.1, 0.15) is 23.9 Å². The minimum atomic E-state index is -0.178. The summed E-state index contributed by atoms with van der Waals surface area (Å²) in [5, 5.41) is 3.21. The van der Waals surface area contributed by atoms with Crippen molar-refractivity contribution in [1.29, 1.82) is 0 Å². The second-order valence-corrected chi connectivity index (χ2v) is 4.62. The number of nitrogens with zero attached hydrogens (tertiary/aromatic N) is 2.